The Balaban J connectivity index is 1.51. The van der Waals surface area contributed by atoms with E-state index in [9.17, 15) is 14.4 Å². The van der Waals surface area contributed by atoms with Gasteiger partial charge >= 0.3 is 0 Å². The lowest BCUT2D eigenvalue weighted by molar-refractivity contribution is 0.0846. The molecule has 2 aromatic heterocycles. The normalized spacial score (nSPS) is 13.2. The zero-order valence-electron chi connectivity index (χ0n) is 13.8. The third-order valence-corrected chi connectivity index (χ3v) is 5.66. The molecule has 0 fully saturated rings. The Kier molecular flexibility index (Phi) is 4.26. The average Bonchev–Trinajstić information content (AvgIpc) is 3.11. The average molecular weight is 368 g/mol. The van der Waals surface area contributed by atoms with Crippen LogP contribution in [0.5, 0.6) is 0 Å². The molecule has 0 radical (unpaired) electrons. The molecule has 0 saturated carbocycles. The molecule has 0 spiro atoms. The molecule has 3 aromatic rings. The molecule has 1 aliphatic rings. The van der Waals surface area contributed by atoms with Crippen LogP contribution in [0.15, 0.2) is 35.1 Å². The Hall–Kier alpha value is -3.00. The van der Waals surface area contributed by atoms with E-state index in [0.717, 1.165) is 25.7 Å². The van der Waals surface area contributed by atoms with E-state index >= 15 is 0 Å². The number of aromatic amines is 1. The number of amides is 2. The number of aryl methyl sites for hydroxylation is 2. The van der Waals surface area contributed by atoms with E-state index in [0.29, 0.717) is 15.6 Å². The third-order valence-electron chi connectivity index (χ3n) is 4.42. The van der Waals surface area contributed by atoms with Crippen molar-refractivity contribution in [2.24, 2.45) is 0 Å². The van der Waals surface area contributed by atoms with E-state index < -0.39 is 5.91 Å². The molecule has 0 unspecified atom stereocenters. The summed E-state index contributed by atoms with van der Waals surface area (Å²) < 4.78 is 0. The SMILES string of the molecule is O=C(NNC(=O)c1n[nH]c(=O)c2ccccc12)c1cc2c(s1)CCCC2. The van der Waals surface area contributed by atoms with Crippen molar-refractivity contribution in [2.45, 2.75) is 25.7 Å². The van der Waals surface area contributed by atoms with Crippen molar-refractivity contribution < 1.29 is 9.59 Å². The first kappa shape index (κ1) is 16.5. The first-order chi connectivity index (χ1) is 12.6. The molecule has 0 bridgehead atoms. The van der Waals surface area contributed by atoms with Crippen LogP contribution in [0.3, 0.4) is 0 Å². The van der Waals surface area contributed by atoms with Crippen LogP contribution in [-0.4, -0.2) is 22.0 Å². The highest BCUT2D eigenvalue weighted by Crippen LogP contribution is 2.29. The fraction of sp³-hybridized carbons (Fsp3) is 0.222. The summed E-state index contributed by atoms with van der Waals surface area (Å²) in [6.45, 7) is 0. The quantitative estimate of drug-likeness (QED) is 0.601. The van der Waals surface area contributed by atoms with Gasteiger partial charge in [-0.1, -0.05) is 18.2 Å². The Labute approximate surface area is 152 Å². The predicted octanol–water partition coefficient (Wildman–Crippen LogP) is 1.94. The molecule has 1 aliphatic carbocycles. The fourth-order valence-corrected chi connectivity index (χ4v) is 4.27. The van der Waals surface area contributed by atoms with Crippen LogP contribution in [0.1, 0.15) is 43.4 Å². The Morgan fingerprint density at radius 1 is 1.04 bits per heavy atom. The van der Waals surface area contributed by atoms with Gasteiger partial charge in [-0.15, -0.1) is 11.3 Å². The van der Waals surface area contributed by atoms with Crippen LogP contribution in [0, 0.1) is 0 Å². The highest BCUT2D eigenvalue weighted by atomic mass is 32.1. The number of carbonyl (C=O) groups excluding carboxylic acids is 2. The highest BCUT2D eigenvalue weighted by molar-refractivity contribution is 7.14. The molecule has 26 heavy (non-hydrogen) atoms. The van der Waals surface area contributed by atoms with E-state index in [1.807, 2.05) is 6.07 Å². The first-order valence-corrected chi connectivity index (χ1v) is 9.15. The number of benzene rings is 1. The van der Waals surface area contributed by atoms with Crippen LogP contribution >= 0.6 is 11.3 Å². The van der Waals surface area contributed by atoms with Gasteiger partial charge in [-0.25, -0.2) is 5.10 Å². The topological polar surface area (TPSA) is 104 Å². The molecule has 7 nitrogen and oxygen atoms in total. The third kappa shape index (κ3) is 2.99. The molecule has 3 N–H and O–H groups in total. The predicted molar refractivity (Wildman–Crippen MR) is 98.3 cm³/mol. The van der Waals surface area contributed by atoms with Gasteiger partial charge in [-0.3, -0.25) is 25.2 Å². The molecular weight excluding hydrogens is 352 g/mol. The Morgan fingerprint density at radius 3 is 2.58 bits per heavy atom. The maximum absolute atomic E-state index is 12.4. The van der Waals surface area contributed by atoms with Crippen LogP contribution in [0.4, 0.5) is 0 Å². The summed E-state index contributed by atoms with van der Waals surface area (Å²) in [6.07, 6.45) is 4.30. The van der Waals surface area contributed by atoms with E-state index in [2.05, 4.69) is 21.0 Å². The van der Waals surface area contributed by atoms with Gasteiger partial charge in [0.15, 0.2) is 5.69 Å². The summed E-state index contributed by atoms with van der Waals surface area (Å²) in [6, 6.07) is 8.58. The second-order valence-electron chi connectivity index (χ2n) is 6.12. The molecule has 8 heteroatoms. The number of rotatable bonds is 2. The summed E-state index contributed by atoms with van der Waals surface area (Å²) in [4.78, 5) is 38.3. The van der Waals surface area contributed by atoms with E-state index in [4.69, 9.17) is 0 Å². The van der Waals surface area contributed by atoms with Crippen molar-refractivity contribution >= 4 is 33.9 Å². The minimum atomic E-state index is -0.591. The largest absolute Gasteiger partial charge is 0.290 e. The number of fused-ring (bicyclic) bond motifs is 2. The second kappa shape index (κ2) is 6.72. The lowest BCUT2D eigenvalue weighted by Crippen LogP contribution is -2.42. The van der Waals surface area contributed by atoms with Crippen molar-refractivity contribution in [3.8, 4) is 0 Å². The molecule has 4 rings (SSSR count). The minimum Gasteiger partial charge on any atom is -0.267 e. The van der Waals surface area contributed by atoms with Crippen molar-refractivity contribution in [1.29, 1.82) is 0 Å². The van der Waals surface area contributed by atoms with E-state index in [1.165, 1.54) is 21.8 Å². The first-order valence-electron chi connectivity index (χ1n) is 8.33. The molecule has 2 amide bonds. The number of hydrazine groups is 1. The van der Waals surface area contributed by atoms with Gasteiger partial charge in [0.25, 0.3) is 17.4 Å². The number of carbonyl (C=O) groups is 2. The fourth-order valence-electron chi connectivity index (χ4n) is 3.12. The monoisotopic (exact) mass is 368 g/mol. The van der Waals surface area contributed by atoms with Crippen molar-refractivity contribution in [3.05, 3.63) is 61.7 Å². The Bertz CT molecular complexity index is 1050. The standard InChI is InChI=1S/C18H16N4O3S/c23-16-12-7-3-2-6-11(12)15(19-20-16)18(25)22-21-17(24)14-9-10-5-1-4-8-13(10)26-14/h2-3,6-7,9H,1,4-5,8H2,(H,20,23)(H,21,24)(H,22,25). The summed E-state index contributed by atoms with van der Waals surface area (Å²) >= 11 is 1.47. The Morgan fingerprint density at radius 2 is 1.77 bits per heavy atom. The van der Waals surface area contributed by atoms with E-state index in [-0.39, 0.29) is 17.2 Å². The summed E-state index contributed by atoms with van der Waals surface area (Å²) in [7, 11) is 0. The minimum absolute atomic E-state index is 0.0472. The van der Waals surface area contributed by atoms with Crippen molar-refractivity contribution in [2.75, 3.05) is 0 Å². The number of thiophene rings is 1. The van der Waals surface area contributed by atoms with Gasteiger partial charge in [0.2, 0.25) is 0 Å². The zero-order valence-corrected chi connectivity index (χ0v) is 14.6. The summed E-state index contributed by atoms with van der Waals surface area (Å²) in [5, 5.41) is 6.90. The lowest BCUT2D eigenvalue weighted by atomic mass is 9.99. The highest BCUT2D eigenvalue weighted by Gasteiger charge is 2.19. The zero-order chi connectivity index (χ0) is 18.1. The number of nitrogens with zero attached hydrogens (tertiary/aromatic N) is 1. The van der Waals surface area contributed by atoms with Crippen LogP contribution in [0.25, 0.3) is 10.8 Å². The maximum Gasteiger partial charge on any atom is 0.290 e. The van der Waals surface area contributed by atoms with Gasteiger partial charge in [0, 0.05) is 10.3 Å². The molecule has 0 aliphatic heterocycles. The van der Waals surface area contributed by atoms with Gasteiger partial charge < -0.3 is 0 Å². The second-order valence-corrected chi connectivity index (χ2v) is 7.26. The van der Waals surface area contributed by atoms with E-state index in [1.54, 1.807) is 24.3 Å². The molecule has 0 atom stereocenters. The molecule has 132 valence electrons. The molecule has 2 heterocycles. The molecular formula is C18H16N4O3S. The summed E-state index contributed by atoms with van der Waals surface area (Å²) in [5.74, 6) is -0.946. The molecule has 0 saturated heterocycles. The number of nitrogens with one attached hydrogen (secondary N) is 3. The maximum atomic E-state index is 12.4. The van der Waals surface area contributed by atoms with Crippen LogP contribution in [-0.2, 0) is 12.8 Å². The number of aromatic nitrogens is 2. The lowest BCUT2D eigenvalue weighted by Gasteiger charge is -2.08. The van der Waals surface area contributed by atoms with Crippen LogP contribution in [0.2, 0.25) is 0 Å². The molecule has 1 aromatic carbocycles. The van der Waals surface area contributed by atoms with Gasteiger partial charge in [-0.2, -0.15) is 5.10 Å². The smallest absolute Gasteiger partial charge is 0.267 e. The number of H-pyrrole nitrogens is 1. The van der Waals surface area contributed by atoms with Gasteiger partial charge in [0.1, 0.15) is 0 Å². The van der Waals surface area contributed by atoms with Crippen molar-refractivity contribution in [1.82, 2.24) is 21.0 Å². The van der Waals surface area contributed by atoms with Crippen LogP contribution < -0.4 is 16.4 Å². The number of hydrogen-bond acceptors (Lipinski definition) is 5. The number of hydrogen-bond donors (Lipinski definition) is 3. The van der Waals surface area contributed by atoms with Gasteiger partial charge in [-0.05, 0) is 43.4 Å². The van der Waals surface area contributed by atoms with Gasteiger partial charge in [0.05, 0.1) is 10.3 Å². The van der Waals surface area contributed by atoms with Crippen molar-refractivity contribution in [3.63, 3.8) is 0 Å². The summed E-state index contributed by atoms with van der Waals surface area (Å²) in [5.41, 5.74) is 5.70.